The van der Waals surface area contributed by atoms with Crippen molar-refractivity contribution in [3.05, 3.63) is 0 Å². The highest BCUT2D eigenvalue weighted by Crippen LogP contribution is 2.38. The summed E-state index contributed by atoms with van der Waals surface area (Å²) < 4.78 is 22.4. The molecule has 0 spiro atoms. The van der Waals surface area contributed by atoms with Crippen LogP contribution in [0.15, 0.2) is 0 Å². The second kappa shape index (κ2) is 5.02. The fourth-order valence-corrected chi connectivity index (χ4v) is 2.17. The van der Waals surface area contributed by atoms with E-state index in [1.807, 2.05) is 13.8 Å². The van der Waals surface area contributed by atoms with Crippen LogP contribution in [0.2, 0.25) is 0 Å². The van der Waals surface area contributed by atoms with Crippen LogP contribution in [0.5, 0.6) is 0 Å². The van der Waals surface area contributed by atoms with E-state index < -0.39 is 18.2 Å². The van der Waals surface area contributed by atoms with Gasteiger partial charge in [0.1, 0.15) is 18.3 Å². The highest BCUT2D eigenvalue weighted by molar-refractivity contribution is 5.58. The van der Waals surface area contributed by atoms with Crippen LogP contribution in [0.4, 0.5) is 0 Å². The molecule has 2 fully saturated rings. The fraction of sp³-hybridized carbons (Fsp3) is 0.917. The molecule has 0 amide bonds. The van der Waals surface area contributed by atoms with Crippen LogP contribution in [0.25, 0.3) is 0 Å². The summed E-state index contributed by atoms with van der Waals surface area (Å²) in [5, 5.41) is 0. The monoisotopic (exact) mass is 244 g/mol. The third kappa shape index (κ3) is 2.68. The lowest BCUT2D eigenvalue weighted by Gasteiger charge is -2.23. The Morgan fingerprint density at radius 1 is 1.35 bits per heavy atom. The third-order valence-corrected chi connectivity index (χ3v) is 2.97. The molecular weight excluding hydrogens is 224 g/mol. The molecule has 2 rings (SSSR count). The van der Waals surface area contributed by atoms with Crippen molar-refractivity contribution in [1.82, 2.24) is 0 Å². The lowest BCUT2D eigenvalue weighted by atomic mass is 10.1. The second-order valence-corrected chi connectivity index (χ2v) is 4.89. The fourth-order valence-electron chi connectivity index (χ4n) is 2.17. The highest BCUT2D eigenvalue weighted by Gasteiger charge is 2.55. The molecule has 4 atom stereocenters. The average molecular weight is 244 g/mol. The van der Waals surface area contributed by atoms with Crippen molar-refractivity contribution >= 4 is 6.29 Å². The number of ether oxygens (including phenoxy) is 4. The molecule has 2 aliphatic heterocycles. The van der Waals surface area contributed by atoms with Crippen LogP contribution in [0.1, 0.15) is 33.6 Å². The summed E-state index contributed by atoms with van der Waals surface area (Å²) in [6.45, 7) is 6.36. The third-order valence-electron chi connectivity index (χ3n) is 2.97. The molecule has 2 heterocycles. The Hall–Kier alpha value is -0.490. The zero-order valence-corrected chi connectivity index (χ0v) is 10.5. The highest BCUT2D eigenvalue weighted by atomic mass is 16.8. The maximum Gasteiger partial charge on any atom is 0.190 e. The van der Waals surface area contributed by atoms with Crippen LogP contribution < -0.4 is 0 Å². The van der Waals surface area contributed by atoms with Crippen LogP contribution in [-0.4, -0.2) is 43.3 Å². The van der Waals surface area contributed by atoms with Gasteiger partial charge in [0.15, 0.2) is 18.4 Å². The minimum atomic E-state index is -0.671. The molecule has 0 aromatic carbocycles. The molecule has 0 aromatic heterocycles. The van der Waals surface area contributed by atoms with Gasteiger partial charge in [0, 0.05) is 6.61 Å². The summed E-state index contributed by atoms with van der Waals surface area (Å²) in [5.74, 6) is -0.671. The van der Waals surface area contributed by atoms with Gasteiger partial charge in [-0.05, 0) is 20.3 Å². The topological polar surface area (TPSA) is 54.0 Å². The zero-order chi connectivity index (χ0) is 12.5. The van der Waals surface area contributed by atoms with E-state index in [2.05, 4.69) is 6.92 Å². The molecule has 5 heteroatoms. The van der Waals surface area contributed by atoms with Crippen molar-refractivity contribution < 1.29 is 23.7 Å². The summed E-state index contributed by atoms with van der Waals surface area (Å²) >= 11 is 0. The van der Waals surface area contributed by atoms with Crippen LogP contribution in [0.3, 0.4) is 0 Å². The van der Waals surface area contributed by atoms with Crippen LogP contribution in [-0.2, 0) is 23.7 Å². The first-order valence-electron chi connectivity index (χ1n) is 6.15. The molecule has 2 saturated heterocycles. The van der Waals surface area contributed by atoms with E-state index in [9.17, 15) is 4.79 Å². The Morgan fingerprint density at radius 3 is 2.76 bits per heavy atom. The first-order valence-corrected chi connectivity index (χ1v) is 6.15. The lowest BCUT2D eigenvalue weighted by Crippen LogP contribution is -2.37. The van der Waals surface area contributed by atoms with E-state index in [1.165, 1.54) is 0 Å². The number of unbranched alkanes of at least 4 members (excludes halogenated alkanes) is 1. The van der Waals surface area contributed by atoms with E-state index in [4.69, 9.17) is 18.9 Å². The molecule has 0 unspecified atom stereocenters. The summed E-state index contributed by atoms with van der Waals surface area (Å²) in [7, 11) is 0. The molecule has 98 valence electrons. The number of hydrogen-bond donors (Lipinski definition) is 0. The molecule has 0 saturated carbocycles. The summed E-state index contributed by atoms with van der Waals surface area (Å²) in [4.78, 5) is 10.9. The molecule has 0 aliphatic carbocycles. The maximum absolute atomic E-state index is 10.9. The predicted molar refractivity (Wildman–Crippen MR) is 59.4 cm³/mol. The van der Waals surface area contributed by atoms with E-state index in [0.717, 1.165) is 19.1 Å². The van der Waals surface area contributed by atoms with Gasteiger partial charge in [-0.25, -0.2) is 0 Å². The number of rotatable bonds is 5. The smallest absolute Gasteiger partial charge is 0.190 e. The number of carbonyl (C=O) groups excluding carboxylic acids is 1. The van der Waals surface area contributed by atoms with Gasteiger partial charge in [-0.1, -0.05) is 13.3 Å². The Morgan fingerprint density at radius 2 is 2.12 bits per heavy atom. The van der Waals surface area contributed by atoms with Crippen molar-refractivity contribution in [2.75, 3.05) is 6.61 Å². The zero-order valence-electron chi connectivity index (χ0n) is 10.5. The van der Waals surface area contributed by atoms with Crippen molar-refractivity contribution in [1.29, 1.82) is 0 Å². The normalized spacial score (nSPS) is 39.2. The predicted octanol–water partition coefficient (Wildman–Crippen LogP) is 1.25. The van der Waals surface area contributed by atoms with Crippen molar-refractivity contribution in [3.8, 4) is 0 Å². The Labute approximate surface area is 101 Å². The number of aldehydes is 1. The van der Waals surface area contributed by atoms with Crippen molar-refractivity contribution in [2.45, 2.75) is 64.0 Å². The quantitative estimate of drug-likeness (QED) is 0.538. The lowest BCUT2D eigenvalue weighted by molar-refractivity contribution is -0.215. The summed E-state index contributed by atoms with van der Waals surface area (Å²) in [6.07, 6.45) is 1.03. The molecule has 5 nitrogen and oxygen atoms in total. The SMILES string of the molecule is CCCCO[C@H]1[C@H]2OC(C)(C)O[C@H]2O[C@@H]1C=O. The second-order valence-electron chi connectivity index (χ2n) is 4.89. The van der Waals surface area contributed by atoms with E-state index in [1.54, 1.807) is 0 Å². The minimum Gasteiger partial charge on any atom is -0.372 e. The van der Waals surface area contributed by atoms with Crippen molar-refractivity contribution in [2.24, 2.45) is 0 Å². The van der Waals surface area contributed by atoms with Crippen molar-refractivity contribution in [3.63, 3.8) is 0 Å². The molecule has 0 N–H and O–H groups in total. The number of carbonyl (C=O) groups is 1. The Bertz CT molecular complexity index is 278. The molecule has 2 aliphatic rings. The maximum atomic E-state index is 10.9. The van der Waals surface area contributed by atoms with Gasteiger partial charge in [0.25, 0.3) is 0 Å². The first kappa shape index (κ1) is 13.0. The molecule has 0 radical (unpaired) electrons. The first-order chi connectivity index (χ1) is 8.07. The van der Waals surface area contributed by atoms with E-state index in [-0.39, 0.29) is 12.2 Å². The van der Waals surface area contributed by atoms with E-state index in [0.29, 0.717) is 6.61 Å². The van der Waals surface area contributed by atoms with Gasteiger partial charge < -0.3 is 23.7 Å². The Balaban J connectivity index is 1.98. The van der Waals surface area contributed by atoms with Gasteiger partial charge in [-0.3, -0.25) is 0 Å². The van der Waals surface area contributed by atoms with Crippen LogP contribution in [0, 0.1) is 0 Å². The van der Waals surface area contributed by atoms with E-state index >= 15 is 0 Å². The van der Waals surface area contributed by atoms with Gasteiger partial charge in [0.2, 0.25) is 0 Å². The summed E-state index contributed by atoms with van der Waals surface area (Å²) in [6, 6.07) is 0. The molecule has 17 heavy (non-hydrogen) atoms. The van der Waals surface area contributed by atoms with Gasteiger partial charge in [-0.15, -0.1) is 0 Å². The van der Waals surface area contributed by atoms with Gasteiger partial charge in [-0.2, -0.15) is 0 Å². The standard InChI is InChI=1S/C12H20O5/c1-4-5-6-14-9-8(7-13)15-11-10(9)16-12(2,3)17-11/h7-11H,4-6H2,1-3H3/t8-,9-,10-,11-/m1/s1. The number of fused-ring (bicyclic) bond motifs is 1. The summed E-state index contributed by atoms with van der Waals surface area (Å²) in [5.41, 5.74) is 0. The molecular formula is C12H20O5. The molecule has 0 aromatic rings. The Kier molecular flexibility index (Phi) is 3.82. The minimum absolute atomic E-state index is 0.308. The van der Waals surface area contributed by atoms with Gasteiger partial charge >= 0.3 is 0 Å². The molecule has 0 bridgehead atoms. The average Bonchev–Trinajstić information content (AvgIpc) is 2.72. The largest absolute Gasteiger partial charge is 0.372 e. The number of hydrogen-bond acceptors (Lipinski definition) is 5. The van der Waals surface area contributed by atoms with Gasteiger partial charge in [0.05, 0.1) is 0 Å². The van der Waals surface area contributed by atoms with Crippen LogP contribution >= 0.6 is 0 Å².